The SMILES string of the molecule is Cc1nc(NC(=O)[C@H](N)CC(C)(C)C)ccc1-c1ccnc2[nH]c(C(F)F)cc12. The van der Waals surface area contributed by atoms with Crippen LogP contribution < -0.4 is 11.1 Å². The monoisotopic (exact) mass is 401 g/mol. The summed E-state index contributed by atoms with van der Waals surface area (Å²) in [5.41, 5.74) is 8.30. The summed E-state index contributed by atoms with van der Waals surface area (Å²) in [7, 11) is 0. The number of aryl methyl sites for hydroxylation is 1. The number of rotatable bonds is 5. The van der Waals surface area contributed by atoms with Crippen molar-refractivity contribution in [3.05, 3.63) is 41.9 Å². The smallest absolute Gasteiger partial charge is 0.278 e. The van der Waals surface area contributed by atoms with E-state index >= 15 is 0 Å². The van der Waals surface area contributed by atoms with Crippen molar-refractivity contribution in [3.63, 3.8) is 0 Å². The molecule has 154 valence electrons. The fourth-order valence-corrected chi connectivity index (χ4v) is 3.29. The number of nitrogens with one attached hydrogen (secondary N) is 2. The second kappa shape index (κ2) is 7.87. The van der Waals surface area contributed by atoms with Crippen molar-refractivity contribution >= 4 is 22.8 Å². The molecule has 0 aliphatic carbocycles. The highest BCUT2D eigenvalue weighted by Gasteiger charge is 2.22. The van der Waals surface area contributed by atoms with Crippen molar-refractivity contribution in [2.24, 2.45) is 11.1 Å². The van der Waals surface area contributed by atoms with Crippen molar-refractivity contribution in [3.8, 4) is 11.1 Å². The number of anilines is 1. The molecule has 4 N–H and O–H groups in total. The van der Waals surface area contributed by atoms with Crippen LogP contribution in [0.15, 0.2) is 30.5 Å². The Bertz CT molecular complexity index is 1040. The number of pyridine rings is 2. The van der Waals surface area contributed by atoms with Gasteiger partial charge in [0.2, 0.25) is 5.91 Å². The fraction of sp³-hybridized carbons (Fsp3) is 0.381. The van der Waals surface area contributed by atoms with Gasteiger partial charge in [-0.2, -0.15) is 0 Å². The Hall–Kier alpha value is -2.87. The van der Waals surface area contributed by atoms with E-state index in [4.69, 9.17) is 5.73 Å². The van der Waals surface area contributed by atoms with Gasteiger partial charge in [-0.3, -0.25) is 4.79 Å². The topological polar surface area (TPSA) is 96.7 Å². The van der Waals surface area contributed by atoms with Crippen LogP contribution in [0.4, 0.5) is 14.6 Å². The zero-order chi connectivity index (χ0) is 21.3. The van der Waals surface area contributed by atoms with Gasteiger partial charge >= 0.3 is 0 Å². The number of halogens is 2. The highest BCUT2D eigenvalue weighted by atomic mass is 19.3. The first-order valence-electron chi connectivity index (χ1n) is 9.35. The molecule has 3 rings (SSSR count). The Labute approximate surface area is 167 Å². The maximum absolute atomic E-state index is 13.0. The van der Waals surface area contributed by atoms with Gasteiger partial charge in [0.05, 0.1) is 11.7 Å². The van der Waals surface area contributed by atoms with Crippen LogP contribution in [0.5, 0.6) is 0 Å². The number of fused-ring (bicyclic) bond motifs is 1. The lowest BCUT2D eigenvalue weighted by atomic mass is 9.88. The summed E-state index contributed by atoms with van der Waals surface area (Å²) in [6, 6.07) is 6.01. The summed E-state index contributed by atoms with van der Waals surface area (Å²) in [5.74, 6) is 0.103. The molecule has 0 unspecified atom stereocenters. The van der Waals surface area contributed by atoms with Crippen molar-refractivity contribution in [2.75, 3.05) is 5.32 Å². The number of nitrogens with zero attached hydrogens (tertiary/aromatic N) is 2. The van der Waals surface area contributed by atoms with E-state index < -0.39 is 12.5 Å². The minimum atomic E-state index is -2.61. The van der Waals surface area contributed by atoms with Crippen molar-refractivity contribution in [1.29, 1.82) is 0 Å². The first kappa shape index (κ1) is 20.9. The van der Waals surface area contributed by atoms with Crippen LogP contribution in [0.3, 0.4) is 0 Å². The number of aromatic nitrogens is 3. The molecule has 3 aromatic heterocycles. The maximum Gasteiger partial charge on any atom is 0.278 e. The molecule has 0 spiro atoms. The second-order valence-electron chi connectivity index (χ2n) is 8.34. The van der Waals surface area contributed by atoms with E-state index in [2.05, 4.69) is 20.3 Å². The molecule has 29 heavy (non-hydrogen) atoms. The molecule has 6 nitrogen and oxygen atoms in total. The Balaban J connectivity index is 1.87. The molecule has 0 radical (unpaired) electrons. The maximum atomic E-state index is 13.0. The Morgan fingerprint density at radius 2 is 1.97 bits per heavy atom. The minimum absolute atomic E-state index is 0.0652. The average molecular weight is 401 g/mol. The van der Waals surface area contributed by atoms with E-state index in [0.717, 1.165) is 11.1 Å². The van der Waals surface area contributed by atoms with E-state index in [-0.39, 0.29) is 17.0 Å². The van der Waals surface area contributed by atoms with E-state index in [9.17, 15) is 13.6 Å². The van der Waals surface area contributed by atoms with E-state index in [1.807, 2.05) is 20.8 Å². The van der Waals surface area contributed by atoms with Crippen LogP contribution in [0.1, 0.15) is 45.0 Å². The molecule has 8 heteroatoms. The quantitative estimate of drug-likeness (QED) is 0.583. The first-order chi connectivity index (χ1) is 13.5. The highest BCUT2D eigenvalue weighted by molar-refractivity contribution is 5.96. The summed E-state index contributed by atoms with van der Waals surface area (Å²) in [6.07, 6.45) is -0.499. The Morgan fingerprint density at radius 3 is 2.59 bits per heavy atom. The van der Waals surface area contributed by atoms with Gasteiger partial charge in [0.1, 0.15) is 11.5 Å². The predicted molar refractivity (Wildman–Crippen MR) is 110 cm³/mol. The molecule has 0 bridgehead atoms. The summed E-state index contributed by atoms with van der Waals surface area (Å²) in [6.45, 7) is 7.86. The van der Waals surface area contributed by atoms with E-state index in [1.165, 1.54) is 6.07 Å². The number of carbonyl (C=O) groups is 1. The highest BCUT2D eigenvalue weighted by Crippen LogP contribution is 2.32. The zero-order valence-corrected chi connectivity index (χ0v) is 16.9. The number of aromatic amines is 1. The average Bonchev–Trinajstić information content (AvgIpc) is 3.05. The first-order valence-corrected chi connectivity index (χ1v) is 9.35. The van der Waals surface area contributed by atoms with E-state index in [1.54, 1.807) is 31.3 Å². The lowest BCUT2D eigenvalue weighted by Gasteiger charge is -2.22. The normalized spacial score (nSPS) is 13.1. The van der Waals surface area contributed by atoms with Crippen LogP contribution in [0, 0.1) is 12.3 Å². The summed E-state index contributed by atoms with van der Waals surface area (Å²) >= 11 is 0. The molecule has 1 amide bonds. The molecular weight excluding hydrogens is 376 g/mol. The van der Waals surface area contributed by atoms with Crippen LogP contribution >= 0.6 is 0 Å². The number of H-pyrrole nitrogens is 1. The third kappa shape index (κ3) is 4.76. The van der Waals surface area contributed by atoms with Crippen molar-refractivity contribution in [1.82, 2.24) is 15.0 Å². The Morgan fingerprint density at radius 1 is 1.24 bits per heavy atom. The molecule has 1 atom stereocenters. The summed E-state index contributed by atoms with van der Waals surface area (Å²) in [5, 5.41) is 3.34. The number of amides is 1. The fourth-order valence-electron chi connectivity index (χ4n) is 3.29. The third-order valence-corrected chi connectivity index (χ3v) is 4.58. The molecule has 3 heterocycles. The molecule has 3 aromatic rings. The zero-order valence-electron chi connectivity index (χ0n) is 16.9. The van der Waals surface area contributed by atoms with Crippen LogP contribution in [-0.2, 0) is 4.79 Å². The third-order valence-electron chi connectivity index (χ3n) is 4.58. The number of hydrogen-bond acceptors (Lipinski definition) is 4. The molecule has 0 saturated carbocycles. The number of alkyl halides is 2. The predicted octanol–water partition coefficient (Wildman–Crippen LogP) is 4.57. The molecule has 0 aliphatic heterocycles. The van der Waals surface area contributed by atoms with Gasteiger partial charge in [0.15, 0.2) is 0 Å². The molecule has 0 saturated heterocycles. The second-order valence-corrected chi connectivity index (χ2v) is 8.34. The van der Waals surface area contributed by atoms with Crippen LogP contribution in [0.2, 0.25) is 0 Å². The van der Waals surface area contributed by atoms with Gasteiger partial charge in [-0.05, 0) is 48.6 Å². The van der Waals surface area contributed by atoms with Gasteiger partial charge in [-0.25, -0.2) is 18.7 Å². The Kier molecular flexibility index (Phi) is 5.66. The van der Waals surface area contributed by atoms with Crippen LogP contribution in [0.25, 0.3) is 22.2 Å². The lowest BCUT2D eigenvalue weighted by Crippen LogP contribution is -2.38. The largest absolute Gasteiger partial charge is 0.338 e. The molecule has 0 aromatic carbocycles. The molecular formula is C21H25F2N5O. The van der Waals surface area contributed by atoms with Gasteiger partial charge in [-0.1, -0.05) is 20.8 Å². The van der Waals surface area contributed by atoms with Gasteiger partial charge in [0.25, 0.3) is 6.43 Å². The standard InChI is InChI=1S/C21H25F2N5O/c1-11-12(13-7-8-25-19-14(13)9-16(27-19)18(22)23)5-6-17(26-11)28-20(29)15(24)10-21(2,3)4/h5-9,15,18H,10,24H2,1-4H3,(H,25,27)(H,26,28,29)/t15-/m1/s1. The van der Waals surface area contributed by atoms with Gasteiger partial charge in [-0.15, -0.1) is 0 Å². The van der Waals surface area contributed by atoms with Gasteiger partial charge in [0, 0.05) is 22.8 Å². The van der Waals surface area contributed by atoms with Crippen molar-refractivity contribution in [2.45, 2.75) is 46.6 Å². The van der Waals surface area contributed by atoms with E-state index in [0.29, 0.717) is 29.0 Å². The number of hydrogen-bond donors (Lipinski definition) is 3. The summed E-state index contributed by atoms with van der Waals surface area (Å²) in [4.78, 5) is 23.6. The number of carbonyl (C=O) groups excluding carboxylic acids is 1. The van der Waals surface area contributed by atoms with Crippen LogP contribution in [-0.4, -0.2) is 26.9 Å². The summed E-state index contributed by atoms with van der Waals surface area (Å²) < 4.78 is 26.1. The molecule has 0 aliphatic rings. The van der Waals surface area contributed by atoms with Crippen molar-refractivity contribution < 1.29 is 13.6 Å². The lowest BCUT2D eigenvalue weighted by molar-refractivity contribution is -0.118. The number of nitrogens with two attached hydrogens (primary N) is 1. The van der Waals surface area contributed by atoms with Gasteiger partial charge < -0.3 is 16.0 Å². The minimum Gasteiger partial charge on any atom is -0.338 e. The molecule has 0 fully saturated rings.